The second kappa shape index (κ2) is 8.13. The maximum atomic E-state index is 13.4. The summed E-state index contributed by atoms with van der Waals surface area (Å²) in [7, 11) is 0. The molecule has 2 aliphatic rings. The molecule has 6 nitrogen and oxygen atoms in total. The molecule has 2 aliphatic heterocycles. The summed E-state index contributed by atoms with van der Waals surface area (Å²) < 4.78 is 11.3. The maximum Gasteiger partial charge on any atom is 0.338 e. The molecule has 3 heterocycles. The van der Waals surface area contributed by atoms with Crippen molar-refractivity contribution >= 4 is 17.6 Å². The average molecular weight is 428 g/mol. The number of hydrazine groups is 1. The van der Waals surface area contributed by atoms with Gasteiger partial charge >= 0.3 is 5.97 Å². The second-order valence-corrected chi connectivity index (χ2v) is 7.98. The molecule has 1 saturated heterocycles. The zero-order valence-corrected chi connectivity index (χ0v) is 18.0. The molecule has 1 fully saturated rings. The third-order valence-electron chi connectivity index (χ3n) is 5.98. The van der Waals surface area contributed by atoms with Crippen LogP contribution in [0.5, 0.6) is 0 Å². The Morgan fingerprint density at radius 2 is 1.81 bits per heavy atom. The first kappa shape index (κ1) is 20.3. The van der Waals surface area contributed by atoms with Crippen LogP contribution in [0.15, 0.2) is 83.0 Å². The summed E-state index contributed by atoms with van der Waals surface area (Å²) in [5.74, 6) is 0.0829. The van der Waals surface area contributed by atoms with Gasteiger partial charge in [-0.2, -0.15) is 5.01 Å². The summed E-state index contributed by atoms with van der Waals surface area (Å²) in [6.45, 7) is 4.02. The van der Waals surface area contributed by atoms with E-state index in [1.807, 2.05) is 72.6 Å². The van der Waals surface area contributed by atoms with Crippen molar-refractivity contribution in [3.63, 3.8) is 0 Å². The van der Waals surface area contributed by atoms with E-state index in [4.69, 9.17) is 9.15 Å². The fourth-order valence-electron chi connectivity index (χ4n) is 4.60. The Kier molecular flexibility index (Phi) is 5.15. The number of furan rings is 1. The van der Waals surface area contributed by atoms with Gasteiger partial charge in [0, 0.05) is 5.56 Å². The highest BCUT2D eigenvalue weighted by Crippen LogP contribution is 2.53. The molecule has 1 amide bonds. The molecule has 6 heteroatoms. The van der Waals surface area contributed by atoms with Crippen LogP contribution < -0.4 is 0 Å². The lowest BCUT2D eigenvalue weighted by atomic mass is 9.96. The minimum absolute atomic E-state index is 0.0646. The first-order chi connectivity index (χ1) is 15.6. The smallest absolute Gasteiger partial charge is 0.338 e. The zero-order chi connectivity index (χ0) is 22.2. The molecule has 2 atom stereocenters. The van der Waals surface area contributed by atoms with E-state index in [-0.39, 0.29) is 18.6 Å². The molecule has 0 aliphatic carbocycles. The van der Waals surface area contributed by atoms with Gasteiger partial charge in [-0.05, 0) is 31.5 Å². The van der Waals surface area contributed by atoms with Gasteiger partial charge in [0.25, 0.3) is 0 Å². The quantitative estimate of drug-likeness (QED) is 0.546. The number of hydrogen-bond acceptors (Lipinski definition) is 5. The first-order valence-electron chi connectivity index (χ1n) is 10.8. The highest BCUT2D eigenvalue weighted by Gasteiger charge is 2.54. The Bertz CT molecular complexity index is 1170. The molecule has 5 rings (SSSR count). The number of ether oxygens (including phenoxy) is 1. The minimum atomic E-state index is -0.572. The van der Waals surface area contributed by atoms with Crippen LogP contribution in [0.3, 0.4) is 0 Å². The van der Waals surface area contributed by atoms with E-state index in [1.54, 1.807) is 24.3 Å². The molecular weight excluding hydrogens is 404 g/mol. The van der Waals surface area contributed by atoms with E-state index >= 15 is 0 Å². The van der Waals surface area contributed by atoms with Crippen molar-refractivity contribution in [3.05, 3.63) is 101 Å². The predicted molar refractivity (Wildman–Crippen MR) is 119 cm³/mol. The van der Waals surface area contributed by atoms with E-state index in [9.17, 15) is 9.59 Å². The van der Waals surface area contributed by atoms with E-state index in [1.165, 1.54) is 0 Å². The Labute approximate surface area is 186 Å². The van der Waals surface area contributed by atoms with Crippen molar-refractivity contribution in [2.75, 3.05) is 6.61 Å². The summed E-state index contributed by atoms with van der Waals surface area (Å²) >= 11 is 0. The molecule has 0 spiro atoms. The number of benzene rings is 2. The van der Waals surface area contributed by atoms with Crippen molar-refractivity contribution in [3.8, 4) is 0 Å². The normalized spacial score (nSPS) is 20.7. The van der Waals surface area contributed by atoms with Crippen LogP contribution in [0.4, 0.5) is 0 Å². The number of hydrogen-bond donors (Lipinski definition) is 0. The van der Waals surface area contributed by atoms with Crippen molar-refractivity contribution in [1.29, 1.82) is 0 Å². The molecule has 0 saturated carbocycles. The van der Waals surface area contributed by atoms with Crippen LogP contribution >= 0.6 is 0 Å². The number of rotatable bonds is 5. The van der Waals surface area contributed by atoms with E-state index in [0.717, 1.165) is 16.7 Å². The number of fused-ring (bicyclic) bond motifs is 1. The van der Waals surface area contributed by atoms with Crippen molar-refractivity contribution in [2.45, 2.75) is 32.4 Å². The topological polar surface area (TPSA) is 63.0 Å². The minimum Gasteiger partial charge on any atom is -0.467 e. The first-order valence-corrected chi connectivity index (χ1v) is 10.8. The van der Waals surface area contributed by atoms with Gasteiger partial charge in [-0.25, -0.2) is 9.80 Å². The third kappa shape index (κ3) is 3.24. The molecule has 162 valence electrons. The monoisotopic (exact) mass is 428 g/mol. The Morgan fingerprint density at radius 1 is 1.06 bits per heavy atom. The molecular formula is C26H24N2O4. The predicted octanol–water partition coefficient (Wildman–Crippen LogP) is 4.81. The summed E-state index contributed by atoms with van der Waals surface area (Å²) in [5, 5.41) is 3.62. The highest BCUT2D eigenvalue weighted by atomic mass is 16.5. The Hall–Kier alpha value is -3.64. The summed E-state index contributed by atoms with van der Waals surface area (Å²) in [4.78, 5) is 26.7. The van der Waals surface area contributed by atoms with Gasteiger partial charge in [-0.3, -0.25) is 4.79 Å². The van der Waals surface area contributed by atoms with Gasteiger partial charge in [0.05, 0.1) is 36.6 Å². The van der Waals surface area contributed by atoms with Crippen LogP contribution in [0, 0.1) is 6.92 Å². The lowest BCUT2D eigenvalue weighted by molar-refractivity contribution is -0.140. The Morgan fingerprint density at radius 3 is 2.47 bits per heavy atom. The van der Waals surface area contributed by atoms with Crippen LogP contribution in [0.1, 0.15) is 47.9 Å². The van der Waals surface area contributed by atoms with Gasteiger partial charge in [0.1, 0.15) is 11.8 Å². The van der Waals surface area contributed by atoms with Crippen molar-refractivity contribution < 1.29 is 18.7 Å². The third-order valence-corrected chi connectivity index (χ3v) is 5.98. The summed E-state index contributed by atoms with van der Waals surface area (Å²) in [5.41, 5.74) is 3.88. The lowest BCUT2D eigenvalue weighted by Gasteiger charge is -2.31. The molecule has 3 aromatic rings. The number of carbonyl (C=O) groups excluding carboxylic acids is 2. The summed E-state index contributed by atoms with van der Waals surface area (Å²) in [6.07, 6.45) is 1.90. The van der Waals surface area contributed by atoms with Gasteiger partial charge in [0.15, 0.2) is 0 Å². The van der Waals surface area contributed by atoms with Crippen LogP contribution in [0.2, 0.25) is 0 Å². The van der Waals surface area contributed by atoms with Crippen molar-refractivity contribution in [1.82, 2.24) is 10.0 Å². The molecule has 32 heavy (non-hydrogen) atoms. The molecule has 2 aromatic carbocycles. The van der Waals surface area contributed by atoms with E-state index in [0.29, 0.717) is 23.5 Å². The van der Waals surface area contributed by atoms with Crippen LogP contribution in [-0.4, -0.2) is 28.5 Å². The largest absolute Gasteiger partial charge is 0.467 e. The molecule has 0 N–H and O–H groups in total. The second-order valence-electron chi connectivity index (χ2n) is 7.98. The number of esters is 1. The number of carbonyl (C=O) groups is 2. The SMILES string of the molecule is CCOC(=O)C1=C(c2ccc(C)cc2)N2C(=O)C[C@H](c3ccccc3)N2[C@@H]1c1ccco1. The standard InChI is InChI=1S/C26H24N2O4/c1-3-31-26(30)23-24(19-13-11-17(2)12-14-19)28-22(29)16-20(18-8-5-4-6-9-18)27(28)25(23)21-10-7-15-32-21/h4-15,20,25H,3,16H2,1-2H3/t20-,25-/m1/s1. The van der Waals surface area contributed by atoms with Gasteiger partial charge < -0.3 is 9.15 Å². The molecule has 1 aromatic heterocycles. The maximum absolute atomic E-state index is 13.4. The summed E-state index contributed by atoms with van der Waals surface area (Å²) in [6, 6.07) is 20.5. The van der Waals surface area contributed by atoms with Gasteiger partial charge in [-0.1, -0.05) is 60.2 Å². The van der Waals surface area contributed by atoms with Gasteiger partial charge in [-0.15, -0.1) is 0 Å². The van der Waals surface area contributed by atoms with Crippen molar-refractivity contribution in [2.24, 2.45) is 0 Å². The average Bonchev–Trinajstić information content (AvgIpc) is 3.51. The van der Waals surface area contributed by atoms with E-state index in [2.05, 4.69) is 0 Å². The number of amides is 1. The molecule has 0 bridgehead atoms. The van der Waals surface area contributed by atoms with Crippen LogP contribution in [-0.2, 0) is 14.3 Å². The molecule has 0 unspecified atom stereocenters. The van der Waals surface area contributed by atoms with Gasteiger partial charge in [0.2, 0.25) is 5.91 Å². The lowest BCUT2D eigenvalue weighted by Crippen LogP contribution is -2.36. The van der Waals surface area contributed by atoms with Crippen LogP contribution in [0.25, 0.3) is 5.70 Å². The number of nitrogens with zero attached hydrogens (tertiary/aromatic N) is 2. The number of aryl methyl sites for hydroxylation is 1. The fraction of sp³-hybridized carbons (Fsp3) is 0.231. The zero-order valence-electron chi connectivity index (χ0n) is 18.0. The Balaban J connectivity index is 1.74. The van der Waals surface area contributed by atoms with E-state index < -0.39 is 12.0 Å². The molecule has 0 radical (unpaired) electrons. The fourth-order valence-corrected chi connectivity index (χ4v) is 4.60. The highest BCUT2D eigenvalue weighted by molar-refractivity contribution is 6.04.